The van der Waals surface area contributed by atoms with Gasteiger partial charge in [-0.05, 0) is 6.42 Å². The minimum absolute atomic E-state index is 0.162. The summed E-state index contributed by atoms with van der Waals surface area (Å²) < 4.78 is 5.17. The Bertz CT molecular complexity index is 590. The maximum atomic E-state index is 12.0. The number of nitrogens with zero attached hydrogens (tertiary/aromatic N) is 2. The molecule has 0 aliphatic heterocycles. The van der Waals surface area contributed by atoms with Crippen molar-refractivity contribution >= 4 is 11.0 Å². The molecule has 0 fully saturated rings. The van der Waals surface area contributed by atoms with E-state index in [0.717, 1.165) is 6.42 Å². The van der Waals surface area contributed by atoms with Crippen LogP contribution in [0.25, 0.3) is 11.0 Å². The van der Waals surface area contributed by atoms with Gasteiger partial charge in [0.05, 0.1) is 0 Å². The van der Waals surface area contributed by atoms with Crippen LogP contribution in [0.5, 0.6) is 0 Å². The first-order chi connectivity index (χ1) is 7.93. The maximum Gasteiger partial charge on any atom is 0.264 e. The summed E-state index contributed by atoms with van der Waals surface area (Å²) in [5, 5.41) is 4.35. The molecule has 1 N–H and O–H groups in total. The molecule has 2 rings (SSSR count). The van der Waals surface area contributed by atoms with Crippen molar-refractivity contribution in [3.05, 3.63) is 21.9 Å². The van der Waals surface area contributed by atoms with Crippen LogP contribution in [0.3, 0.4) is 0 Å². The smallest absolute Gasteiger partial charge is 0.264 e. The Morgan fingerprint density at radius 3 is 2.65 bits per heavy atom. The number of fused-ring (bicyclic) bond motifs is 1. The van der Waals surface area contributed by atoms with Crippen molar-refractivity contribution in [3.8, 4) is 0 Å². The molecule has 5 heteroatoms. The van der Waals surface area contributed by atoms with E-state index in [4.69, 9.17) is 4.52 Å². The third-order valence-corrected chi connectivity index (χ3v) is 2.61. The van der Waals surface area contributed by atoms with Crippen molar-refractivity contribution in [2.24, 2.45) is 0 Å². The highest BCUT2D eigenvalue weighted by Crippen LogP contribution is 2.20. The second-order valence-electron chi connectivity index (χ2n) is 5.22. The molecule has 0 aromatic carbocycles. The maximum absolute atomic E-state index is 12.0. The van der Waals surface area contributed by atoms with Crippen molar-refractivity contribution < 1.29 is 4.52 Å². The van der Waals surface area contributed by atoms with Crippen LogP contribution in [0.1, 0.15) is 45.7 Å². The van der Waals surface area contributed by atoms with Crippen molar-refractivity contribution in [1.29, 1.82) is 0 Å². The minimum Gasteiger partial charge on any atom is -0.358 e. The molecule has 17 heavy (non-hydrogen) atoms. The lowest BCUT2D eigenvalue weighted by Crippen LogP contribution is -2.22. The molecule has 0 saturated heterocycles. The van der Waals surface area contributed by atoms with Crippen LogP contribution in [-0.2, 0) is 11.8 Å². The Balaban J connectivity index is 2.66. The van der Waals surface area contributed by atoms with Gasteiger partial charge in [-0.25, -0.2) is 4.98 Å². The standard InChI is InChI=1S/C12H17N3O2/c1-5-6-7-8-9(15-17-7)13-11(12(2,3)4)14-10(8)16/h5-6H2,1-4H3,(H,13,14,15,16). The Morgan fingerprint density at radius 1 is 1.35 bits per heavy atom. The molecule has 2 heterocycles. The molecule has 0 bridgehead atoms. The first-order valence-corrected chi connectivity index (χ1v) is 5.82. The van der Waals surface area contributed by atoms with Gasteiger partial charge in [0, 0.05) is 11.8 Å². The number of aryl methyl sites for hydroxylation is 1. The average molecular weight is 235 g/mol. The van der Waals surface area contributed by atoms with Crippen LogP contribution in [0, 0.1) is 0 Å². The van der Waals surface area contributed by atoms with Gasteiger partial charge in [0.2, 0.25) is 5.65 Å². The molecule has 0 aliphatic carbocycles. The van der Waals surface area contributed by atoms with Crippen LogP contribution in [-0.4, -0.2) is 15.1 Å². The van der Waals surface area contributed by atoms with E-state index in [1.807, 2.05) is 27.7 Å². The number of aromatic amines is 1. The van der Waals surface area contributed by atoms with Crippen LogP contribution in [0.2, 0.25) is 0 Å². The highest BCUT2D eigenvalue weighted by atomic mass is 16.5. The molecule has 0 unspecified atom stereocenters. The summed E-state index contributed by atoms with van der Waals surface area (Å²) in [7, 11) is 0. The monoisotopic (exact) mass is 235 g/mol. The second kappa shape index (κ2) is 3.98. The predicted molar refractivity (Wildman–Crippen MR) is 65.1 cm³/mol. The van der Waals surface area contributed by atoms with E-state index < -0.39 is 0 Å². The largest absolute Gasteiger partial charge is 0.358 e. The fourth-order valence-electron chi connectivity index (χ4n) is 1.68. The van der Waals surface area contributed by atoms with E-state index in [1.54, 1.807) is 0 Å². The first-order valence-electron chi connectivity index (χ1n) is 5.82. The Kier molecular flexibility index (Phi) is 2.77. The van der Waals surface area contributed by atoms with E-state index in [0.29, 0.717) is 29.0 Å². The van der Waals surface area contributed by atoms with E-state index in [2.05, 4.69) is 15.1 Å². The van der Waals surface area contributed by atoms with Crippen LogP contribution >= 0.6 is 0 Å². The number of rotatable bonds is 2. The SMILES string of the molecule is CCCc1onc2nc(C(C)(C)C)[nH]c(=O)c12. The molecule has 92 valence electrons. The van der Waals surface area contributed by atoms with E-state index in [-0.39, 0.29) is 11.0 Å². The Hall–Kier alpha value is -1.65. The number of nitrogens with one attached hydrogen (secondary N) is 1. The van der Waals surface area contributed by atoms with Gasteiger partial charge in [-0.3, -0.25) is 4.79 Å². The van der Waals surface area contributed by atoms with Gasteiger partial charge in [0.15, 0.2) is 5.76 Å². The normalized spacial score (nSPS) is 12.2. The molecular weight excluding hydrogens is 218 g/mol. The molecule has 0 spiro atoms. The molecule has 5 nitrogen and oxygen atoms in total. The van der Waals surface area contributed by atoms with Crippen molar-refractivity contribution in [3.63, 3.8) is 0 Å². The third-order valence-electron chi connectivity index (χ3n) is 2.61. The van der Waals surface area contributed by atoms with Gasteiger partial charge in [-0.15, -0.1) is 0 Å². The summed E-state index contributed by atoms with van der Waals surface area (Å²) in [6.45, 7) is 8.00. The van der Waals surface area contributed by atoms with Gasteiger partial charge in [0.1, 0.15) is 11.2 Å². The molecule has 2 aromatic heterocycles. The van der Waals surface area contributed by atoms with Gasteiger partial charge in [-0.2, -0.15) is 0 Å². The van der Waals surface area contributed by atoms with Crippen LogP contribution in [0.15, 0.2) is 9.32 Å². The molecule has 0 radical (unpaired) electrons. The Morgan fingerprint density at radius 2 is 2.06 bits per heavy atom. The van der Waals surface area contributed by atoms with E-state index in [1.165, 1.54) is 0 Å². The van der Waals surface area contributed by atoms with Crippen LogP contribution in [0.4, 0.5) is 0 Å². The number of hydrogen-bond donors (Lipinski definition) is 1. The lowest BCUT2D eigenvalue weighted by molar-refractivity contribution is 0.388. The molecule has 2 aromatic rings. The third kappa shape index (κ3) is 2.09. The van der Waals surface area contributed by atoms with Gasteiger partial charge in [0.25, 0.3) is 5.56 Å². The molecule has 0 aliphatic rings. The fraction of sp³-hybridized carbons (Fsp3) is 0.583. The Labute approximate surface area is 99.2 Å². The van der Waals surface area contributed by atoms with Crippen molar-refractivity contribution in [2.45, 2.75) is 46.0 Å². The zero-order chi connectivity index (χ0) is 12.6. The number of hydrogen-bond acceptors (Lipinski definition) is 4. The zero-order valence-corrected chi connectivity index (χ0v) is 10.6. The quantitative estimate of drug-likeness (QED) is 0.865. The van der Waals surface area contributed by atoms with Crippen LogP contribution < -0.4 is 5.56 Å². The highest BCUT2D eigenvalue weighted by molar-refractivity contribution is 5.75. The second-order valence-corrected chi connectivity index (χ2v) is 5.22. The molecular formula is C12H17N3O2. The fourth-order valence-corrected chi connectivity index (χ4v) is 1.68. The summed E-state index contributed by atoms with van der Waals surface area (Å²) >= 11 is 0. The van der Waals surface area contributed by atoms with Gasteiger partial charge in [-0.1, -0.05) is 32.9 Å². The summed E-state index contributed by atoms with van der Waals surface area (Å²) in [4.78, 5) is 19.2. The molecule has 0 atom stereocenters. The number of H-pyrrole nitrogens is 1. The summed E-state index contributed by atoms with van der Waals surface area (Å²) in [6, 6.07) is 0. The number of aromatic nitrogens is 3. The van der Waals surface area contributed by atoms with Crippen molar-refractivity contribution in [2.75, 3.05) is 0 Å². The van der Waals surface area contributed by atoms with Crippen molar-refractivity contribution in [1.82, 2.24) is 15.1 Å². The lowest BCUT2D eigenvalue weighted by Gasteiger charge is -2.16. The van der Waals surface area contributed by atoms with E-state index >= 15 is 0 Å². The zero-order valence-electron chi connectivity index (χ0n) is 10.6. The topological polar surface area (TPSA) is 71.8 Å². The highest BCUT2D eigenvalue weighted by Gasteiger charge is 2.21. The minimum atomic E-state index is -0.211. The summed E-state index contributed by atoms with van der Waals surface area (Å²) in [6.07, 6.45) is 1.61. The van der Waals surface area contributed by atoms with Gasteiger partial charge >= 0.3 is 0 Å². The first kappa shape index (κ1) is 11.8. The summed E-state index contributed by atoms with van der Waals surface area (Å²) in [5.74, 6) is 1.25. The summed E-state index contributed by atoms with van der Waals surface area (Å²) in [5.41, 5.74) is 0.0313. The predicted octanol–water partition coefficient (Wildman–Crippen LogP) is 2.16. The van der Waals surface area contributed by atoms with Gasteiger partial charge < -0.3 is 9.51 Å². The average Bonchev–Trinajstić information content (AvgIpc) is 2.61. The lowest BCUT2D eigenvalue weighted by atomic mass is 9.96. The van der Waals surface area contributed by atoms with E-state index in [9.17, 15) is 4.79 Å². The molecule has 0 saturated carbocycles. The molecule has 0 amide bonds.